The number of ether oxygens (including phenoxy) is 3. The van der Waals surface area contributed by atoms with Crippen molar-refractivity contribution in [2.75, 3.05) is 6.61 Å². The number of carbonyl (C=O) groups excluding carboxylic acids is 3. The van der Waals surface area contributed by atoms with Gasteiger partial charge in [0.25, 0.3) is 0 Å². The molecular formula is C14H15NO6. The Morgan fingerprint density at radius 3 is 2.86 bits per heavy atom. The minimum Gasteiger partial charge on any atom is -0.450 e. The summed E-state index contributed by atoms with van der Waals surface area (Å²) in [5, 5.41) is 0. The molecule has 1 aliphatic carbocycles. The number of esters is 3. The summed E-state index contributed by atoms with van der Waals surface area (Å²) in [6, 6.07) is 0. The second kappa shape index (κ2) is 5.56. The molecule has 7 nitrogen and oxygen atoms in total. The Balaban J connectivity index is 1.95. The molecule has 0 N–H and O–H groups in total. The second-order valence-corrected chi connectivity index (χ2v) is 5.19. The Bertz CT molecular complexity index is 548. The quantitative estimate of drug-likeness (QED) is 0.333. The first kappa shape index (κ1) is 15.0. The molecule has 112 valence electrons. The SMILES string of the molecule is [C-]#[N+]C12CC(CCC1OC(=O)COC(=O)C(=C)C)C(=O)O2. The van der Waals surface area contributed by atoms with E-state index in [4.69, 9.17) is 16.0 Å². The lowest BCUT2D eigenvalue weighted by molar-refractivity contribution is -0.174. The molecule has 2 aliphatic rings. The predicted octanol–water partition coefficient (Wildman–Crippen LogP) is 0.990. The summed E-state index contributed by atoms with van der Waals surface area (Å²) in [4.78, 5) is 37.8. The summed E-state index contributed by atoms with van der Waals surface area (Å²) < 4.78 is 14.9. The van der Waals surface area contributed by atoms with Crippen molar-refractivity contribution >= 4 is 17.9 Å². The number of rotatable bonds is 4. The number of nitrogens with zero attached hydrogens (tertiary/aromatic N) is 1. The lowest BCUT2D eigenvalue weighted by Gasteiger charge is -2.27. The highest BCUT2D eigenvalue weighted by Gasteiger charge is 2.63. The number of hydrogen-bond donors (Lipinski definition) is 0. The van der Waals surface area contributed by atoms with Gasteiger partial charge in [-0.25, -0.2) is 16.2 Å². The fourth-order valence-electron chi connectivity index (χ4n) is 2.46. The molecule has 1 heterocycles. The van der Waals surface area contributed by atoms with Crippen molar-refractivity contribution in [2.24, 2.45) is 5.92 Å². The normalized spacial score (nSPS) is 30.0. The third-order valence-electron chi connectivity index (χ3n) is 3.56. The maximum absolute atomic E-state index is 11.7. The van der Waals surface area contributed by atoms with E-state index in [1.807, 2.05) is 0 Å². The van der Waals surface area contributed by atoms with Crippen molar-refractivity contribution < 1.29 is 28.6 Å². The first-order valence-corrected chi connectivity index (χ1v) is 6.51. The van der Waals surface area contributed by atoms with Crippen molar-refractivity contribution in [3.05, 3.63) is 23.6 Å². The first-order valence-electron chi connectivity index (χ1n) is 6.51. The van der Waals surface area contributed by atoms with Gasteiger partial charge in [0.2, 0.25) is 6.10 Å². The van der Waals surface area contributed by atoms with Gasteiger partial charge in [0.1, 0.15) is 0 Å². The summed E-state index contributed by atoms with van der Waals surface area (Å²) in [5.74, 6) is -2.18. The number of carbonyl (C=O) groups is 3. The molecule has 2 bridgehead atoms. The standard InChI is InChI=1S/C14H15NO6/c1-8(2)12(17)19-7-11(16)20-10-5-4-9-6-14(10,15-3)21-13(9)18/h9-10H,1,4-7H2,2H3. The molecule has 2 fully saturated rings. The van der Waals surface area contributed by atoms with E-state index < -0.39 is 36.3 Å². The van der Waals surface area contributed by atoms with Gasteiger partial charge in [0.15, 0.2) is 6.61 Å². The summed E-state index contributed by atoms with van der Waals surface area (Å²) in [5.41, 5.74) is -1.25. The highest BCUT2D eigenvalue weighted by molar-refractivity contribution is 5.88. The minimum atomic E-state index is -1.42. The van der Waals surface area contributed by atoms with Crippen LogP contribution in [0.3, 0.4) is 0 Å². The van der Waals surface area contributed by atoms with Gasteiger partial charge in [0, 0.05) is 5.57 Å². The Kier molecular flexibility index (Phi) is 3.98. The van der Waals surface area contributed by atoms with Crippen molar-refractivity contribution in [3.63, 3.8) is 0 Å². The van der Waals surface area contributed by atoms with E-state index in [0.29, 0.717) is 12.8 Å². The molecule has 2 rings (SSSR count). The summed E-state index contributed by atoms with van der Waals surface area (Å²) in [7, 11) is 0. The molecule has 3 unspecified atom stereocenters. The van der Waals surface area contributed by atoms with Gasteiger partial charge < -0.3 is 14.2 Å². The van der Waals surface area contributed by atoms with Crippen LogP contribution >= 0.6 is 0 Å². The van der Waals surface area contributed by atoms with Crippen LogP contribution in [-0.2, 0) is 28.6 Å². The zero-order chi connectivity index (χ0) is 15.6. The molecule has 7 heteroatoms. The smallest absolute Gasteiger partial charge is 0.415 e. The minimum absolute atomic E-state index is 0.172. The fraction of sp³-hybridized carbons (Fsp3) is 0.571. The second-order valence-electron chi connectivity index (χ2n) is 5.19. The van der Waals surface area contributed by atoms with E-state index in [9.17, 15) is 14.4 Å². The molecule has 0 spiro atoms. The van der Waals surface area contributed by atoms with Gasteiger partial charge in [-0.1, -0.05) is 6.58 Å². The summed E-state index contributed by atoms with van der Waals surface area (Å²) >= 11 is 0. The molecule has 3 atom stereocenters. The Hall–Kier alpha value is -2.36. The van der Waals surface area contributed by atoms with Crippen molar-refractivity contribution in [2.45, 2.75) is 38.0 Å². The van der Waals surface area contributed by atoms with Crippen molar-refractivity contribution in [3.8, 4) is 0 Å². The van der Waals surface area contributed by atoms with Crippen LogP contribution in [0.1, 0.15) is 26.2 Å². The van der Waals surface area contributed by atoms with Crippen LogP contribution in [-0.4, -0.2) is 36.3 Å². The van der Waals surface area contributed by atoms with E-state index in [2.05, 4.69) is 16.2 Å². The van der Waals surface area contributed by atoms with E-state index in [0.717, 1.165) is 0 Å². The van der Waals surface area contributed by atoms with Crippen LogP contribution in [0.5, 0.6) is 0 Å². The van der Waals surface area contributed by atoms with Gasteiger partial charge in [0.05, 0.1) is 12.3 Å². The van der Waals surface area contributed by atoms with E-state index in [1.54, 1.807) is 0 Å². The third kappa shape index (κ3) is 2.89. The topological polar surface area (TPSA) is 83.3 Å². The average molecular weight is 293 g/mol. The molecule has 0 aromatic rings. The van der Waals surface area contributed by atoms with Crippen LogP contribution in [0.4, 0.5) is 0 Å². The third-order valence-corrected chi connectivity index (χ3v) is 3.56. The van der Waals surface area contributed by atoms with Gasteiger partial charge >= 0.3 is 23.6 Å². The molecule has 0 aromatic carbocycles. The van der Waals surface area contributed by atoms with Crippen LogP contribution in [0.15, 0.2) is 12.2 Å². The molecule has 0 aromatic heterocycles. The van der Waals surface area contributed by atoms with Gasteiger partial charge in [-0.15, -0.1) is 0 Å². The summed E-state index contributed by atoms with van der Waals surface area (Å²) in [6.07, 6.45) is 0.297. The van der Waals surface area contributed by atoms with Gasteiger partial charge in [-0.05, 0) is 19.8 Å². The van der Waals surface area contributed by atoms with Gasteiger partial charge in [-0.2, -0.15) is 0 Å². The van der Waals surface area contributed by atoms with Gasteiger partial charge in [-0.3, -0.25) is 9.64 Å². The molecule has 0 radical (unpaired) electrons. The maximum atomic E-state index is 11.7. The first-order chi connectivity index (χ1) is 9.88. The molecule has 0 amide bonds. The highest BCUT2D eigenvalue weighted by atomic mass is 16.6. The van der Waals surface area contributed by atoms with Crippen LogP contribution in [0.25, 0.3) is 4.85 Å². The zero-order valence-corrected chi connectivity index (χ0v) is 11.6. The largest absolute Gasteiger partial charge is 0.450 e. The van der Waals surface area contributed by atoms with Crippen LogP contribution < -0.4 is 0 Å². The van der Waals surface area contributed by atoms with Crippen molar-refractivity contribution in [1.29, 1.82) is 0 Å². The average Bonchev–Trinajstić information content (AvgIpc) is 2.72. The zero-order valence-electron chi connectivity index (χ0n) is 11.6. The van der Waals surface area contributed by atoms with E-state index >= 15 is 0 Å². The highest BCUT2D eigenvalue weighted by Crippen LogP contribution is 2.45. The molecule has 1 aliphatic heterocycles. The molecule has 21 heavy (non-hydrogen) atoms. The van der Waals surface area contributed by atoms with Crippen molar-refractivity contribution in [1.82, 2.24) is 0 Å². The monoisotopic (exact) mass is 293 g/mol. The number of hydrogen-bond acceptors (Lipinski definition) is 6. The van der Waals surface area contributed by atoms with Crippen LogP contribution in [0, 0.1) is 12.5 Å². The Morgan fingerprint density at radius 2 is 2.24 bits per heavy atom. The fourth-order valence-corrected chi connectivity index (χ4v) is 2.46. The van der Waals surface area contributed by atoms with E-state index in [-0.39, 0.29) is 17.9 Å². The molecule has 1 saturated heterocycles. The number of fused-ring (bicyclic) bond motifs is 2. The molecule has 1 saturated carbocycles. The lowest BCUT2D eigenvalue weighted by atomic mass is 9.84. The summed E-state index contributed by atoms with van der Waals surface area (Å²) in [6.45, 7) is 11.5. The Morgan fingerprint density at radius 1 is 1.52 bits per heavy atom. The maximum Gasteiger partial charge on any atom is 0.415 e. The Labute approximate surface area is 121 Å². The van der Waals surface area contributed by atoms with Crippen LogP contribution in [0.2, 0.25) is 0 Å². The lowest BCUT2D eigenvalue weighted by Crippen LogP contribution is -2.44. The predicted molar refractivity (Wildman–Crippen MR) is 68.4 cm³/mol. The van der Waals surface area contributed by atoms with E-state index in [1.165, 1.54) is 6.92 Å². The molecular weight excluding hydrogens is 278 g/mol.